The average molecular weight is 343 g/mol. The molecule has 0 aliphatic heterocycles. The van der Waals surface area contributed by atoms with E-state index in [1.54, 1.807) is 0 Å². The molecule has 2 rings (SSSR count). The molecule has 1 heterocycles. The number of amides is 1. The molecule has 0 atom stereocenters. The predicted octanol–water partition coefficient (Wildman–Crippen LogP) is 1.91. The molecule has 8 heteroatoms. The van der Waals surface area contributed by atoms with Crippen LogP contribution in [0.4, 0.5) is 0 Å². The summed E-state index contributed by atoms with van der Waals surface area (Å²) < 4.78 is 27.5. The summed E-state index contributed by atoms with van der Waals surface area (Å²) in [5, 5.41) is 10.2. The summed E-state index contributed by atoms with van der Waals surface area (Å²) in [5.74, 6) is 0.521. The van der Waals surface area contributed by atoms with Crippen molar-refractivity contribution in [2.75, 3.05) is 12.8 Å². The number of nitrogens with one attached hydrogen (secondary N) is 1. The van der Waals surface area contributed by atoms with E-state index in [2.05, 4.69) is 22.4 Å². The Morgan fingerprint density at radius 1 is 1.26 bits per heavy atom. The van der Waals surface area contributed by atoms with Crippen molar-refractivity contribution in [1.82, 2.24) is 15.5 Å². The van der Waals surface area contributed by atoms with Crippen LogP contribution in [0.2, 0.25) is 0 Å². The highest BCUT2D eigenvalue weighted by Crippen LogP contribution is 2.28. The first-order valence-corrected chi connectivity index (χ1v) is 9.82. The first-order valence-electron chi connectivity index (χ1n) is 7.93. The number of sulfone groups is 1. The minimum Gasteiger partial charge on any atom is -0.415 e. The zero-order valence-electron chi connectivity index (χ0n) is 14.1. The molecule has 1 N–H and O–H groups in total. The van der Waals surface area contributed by atoms with E-state index < -0.39 is 20.5 Å². The molecule has 1 aliphatic carbocycles. The van der Waals surface area contributed by atoms with E-state index in [-0.39, 0.29) is 11.8 Å². The van der Waals surface area contributed by atoms with Gasteiger partial charge in [0.2, 0.25) is 5.89 Å². The molecule has 1 fully saturated rings. The Hall–Kier alpha value is -1.44. The number of hydrogen-bond donors (Lipinski definition) is 1. The molecule has 0 spiro atoms. The van der Waals surface area contributed by atoms with Gasteiger partial charge in [-0.05, 0) is 38.5 Å². The number of hydrogen-bond acceptors (Lipinski definition) is 6. The van der Waals surface area contributed by atoms with Crippen LogP contribution in [-0.2, 0) is 14.6 Å². The molecule has 130 valence electrons. The maximum absolute atomic E-state index is 12.1. The van der Waals surface area contributed by atoms with Crippen molar-refractivity contribution >= 4 is 15.7 Å². The second kappa shape index (κ2) is 6.59. The van der Waals surface area contributed by atoms with Gasteiger partial charge in [0.05, 0.1) is 0 Å². The Bertz CT molecular complexity index is 658. The van der Waals surface area contributed by atoms with E-state index in [1.807, 2.05) is 0 Å². The lowest BCUT2D eigenvalue weighted by Gasteiger charge is -2.25. The van der Waals surface area contributed by atoms with Crippen LogP contribution >= 0.6 is 0 Å². The summed E-state index contributed by atoms with van der Waals surface area (Å²) in [6.07, 6.45) is 5.69. The molecule has 0 unspecified atom stereocenters. The number of rotatable bonds is 5. The normalized spacial score (nSPS) is 22.8. The van der Waals surface area contributed by atoms with Crippen LogP contribution in [0, 0.1) is 11.8 Å². The van der Waals surface area contributed by atoms with Crippen LogP contribution in [0.15, 0.2) is 4.42 Å². The third-order valence-electron chi connectivity index (χ3n) is 4.75. The predicted molar refractivity (Wildman–Crippen MR) is 85.6 cm³/mol. The van der Waals surface area contributed by atoms with Crippen molar-refractivity contribution in [3.8, 4) is 0 Å². The fourth-order valence-corrected chi connectivity index (χ4v) is 2.96. The lowest BCUT2D eigenvalue weighted by Crippen LogP contribution is -2.31. The molecule has 1 saturated carbocycles. The van der Waals surface area contributed by atoms with Gasteiger partial charge >= 0.3 is 11.8 Å². The van der Waals surface area contributed by atoms with Crippen LogP contribution in [0.3, 0.4) is 0 Å². The Labute approximate surface area is 137 Å². The highest BCUT2D eigenvalue weighted by atomic mass is 32.2. The van der Waals surface area contributed by atoms with Gasteiger partial charge in [-0.1, -0.05) is 19.8 Å². The summed E-state index contributed by atoms with van der Waals surface area (Å²) in [7, 11) is -3.43. The molecule has 1 aliphatic rings. The Kier molecular flexibility index (Phi) is 5.13. The number of aromatic nitrogens is 2. The van der Waals surface area contributed by atoms with Crippen LogP contribution in [0.5, 0.6) is 0 Å². The molecule has 0 bridgehead atoms. The number of carbonyl (C=O) groups excluding carboxylic acids is 1. The molecular formula is C15H25N3O4S. The van der Waals surface area contributed by atoms with Gasteiger partial charge in [0.25, 0.3) is 0 Å². The van der Waals surface area contributed by atoms with E-state index in [9.17, 15) is 13.2 Å². The van der Waals surface area contributed by atoms with Gasteiger partial charge in [0, 0.05) is 12.8 Å². The molecule has 0 aromatic carbocycles. The van der Waals surface area contributed by atoms with Crippen molar-refractivity contribution < 1.29 is 17.6 Å². The van der Waals surface area contributed by atoms with Crippen molar-refractivity contribution in [3.05, 3.63) is 11.8 Å². The molecule has 0 radical (unpaired) electrons. The van der Waals surface area contributed by atoms with Gasteiger partial charge in [-0.3, -0.25) is 4.79 Å². The van der Waals surface area contributed by atoms with Crippen LogP contribution in [0.1, 0.15) is 63.0 Å². The summed E-state index contributed by atoms with van der Waals surface area (Å²) in [6.45, 7) is 5.78. The molecular weight excluding hydrogens is 318 g/mol. The lowest BCUT2D eigenvalue weighted by molar-refractivity contribution is 0.0904. The number of carbonyl (C=O) groups is 1. The van der Waals surface area contributed by atoms with E-state index in [0.717, 1.165) is 25.0 Å². The zero-order valence-corrected chi connectivity index (χ0v) is 14.9. The Balaban J connectivity index is 1.96. The van der Waals surface area contributed by atoms with Crippen molar-refractivity contribution in [1.29, 1.82) is 0 Å². The summed E-state index contributed by atoms with van der Waals surface area (Å²) in [5.41, 5.74) is 0. The van der Waals surface area contributed by atoms with E-state index in [0.29, 0.717) is 12.5 Å². The summed E-state index contributed by atoms with van der Waals surface area (Å²) >= 11 is 0. The van der Waals surface area contributed by atoms with Gasteiger partial charge in [-0.25, -0.2) is 8.42 Å². The largest absolute Gasteiger partial charge is 0.415 e. The topological polar surface area (TPSA) is 102 Å². The molecule has 1 aromatic heterocycles. The summed E-state index contributed by atoms with van der Waals surface area (Å²) in [4.78, 5) is 12.1. The van der Waals surface area contributed by atoms with Crippen LogP contribution in [0.25, 0.3) is 0 Å². The Morgan fingerprint density at radius 2 is 1.87 bits per heavy atom. The third kappa shape index (κ3) is 4.10. The highest BCUT2D eigenvalue weighted by molar-refractivity contribution is 7.91. The van der Waals surface area contributed by atoms with E-state index >= 15 is 0 Å². The summed E-state index contributed by atoms with van der Waals surface area (Å²) in [6, 6.07) is 0. The van der Waals surface area contributed by atoms with Gasteiger partial charge < -0.3 is 9.73 Å². The maximum atomic E-state index is 12.1. The molecule has 7 nitrogen and oxygen atoms in total. The van der Waals surface area contributed by atoms with Gasteiger partial charge in [-0.15, -0.1) is 10.2 Å². The molecule has 1 aromatic rings. The smallest absolute Gasteiger partial charge is 0.308 e. The van der Waals surface area contributed by atoms with Crippen LogP contribution < -0.4 is 5.32 Å². The highest BCUT2D eigenvalue weighted by Gasteiger charge is 2.38. The Morgan fingerprint density at radius 3 is 2.43 bits per heavy atom. The van der Waals surface area contributed by atoms with E-state index in [1.165, 1.54) is 26.7 Å². The third-order valence-corrected chi connectivity index (χ3v) is 6.78. The van der Waals surface area contributed by atoms with Gasteiger partial charge in [-0.2, -0.15) is 0 Å². The van der Waals surface area contributed by atoms with Gasteiger partial charge in [0.1, 0.15) is 4.75 Å². The van der Waals surface area contributed by atoms with Gasteiger partial charge in [0.15, 0.2) is 9.84 Å². The van der Waals surface area contributed by atoms with Crippen LogP contribution in [-0.4, -0.2) is 37.3 Å². The first-order chi connectivity index (χ1) is 10.6. The SMILES string of the molecule is CC1CCC(CNC(=O)c2nnc(C(C)(C)S(C)(=O)=O)o2)CC1. The zero-order chi connectivity index (χ0) is 17.3. The lowest BCUT2D eigenvalue weighted by atomic mass is 9.83. The second-order valence-corrected chi connectivity index (χ2v) is 9.60. The molecule has 23 heavy (non-hydrogen) atoms. The molecule has 1 amide bonds. The quantitative estimate of drug-likeness (QED) is 0.876. The minimum atomic E-state index is -3.43. The fourth-order valence-electron chi connectivity index (χ4n) is 2.56. The fraction of sp³-hybridized carbons (Fsp3) is 0.800. The first kappa shape index (κ1) is 17.9. The average Bonchev–Trinajstić information content (AvgIpc) is 2.95. The van der Waals surface area contributed by atoms with Crippen molar-refractivity contribution in [2.24, 2.45) is 11.8 Å². The number of nitrogens with zero attached hydrogens (tertiary/aromatic N) is 2. The molecule has 0 saturated heterocycles. The second-order valence-electron chi connectivity index (χ2n) is 7.03. The maximum Gasteiger partial charge on any atom is 0.308 e. The standard InChI is InChI=1S/C15H25N3O4S/c1-10-5-7-11(8-6-10)9-16-12(19)13-17-18-14(22-13)15(2,3)23(4,20)21/h10-11H,5-9H2,1-4H3,(H,16,19). The van der Waals surface area contributed by atoms with E-state index in [4.69, 9.17) is 4.42 Å². The van der Waals surface area contributed by atoms with Crippen molar-refractivity contribution in [2.45, 2.75) is 51.2 Å². The monoisotopic (exact) mass is 343 g/mol. The van der Waals surface area contributed by atoms with Crippen molar-refractivity contribution in [3.63, 3.8) is 0 Å². The minimum absolute atomic E-state index is 0.0726.